The quantitative estimate of drug-likeness (QED) is 0.751. The average Bonchev–Trinajstić information content (AvgIpc) is 3.00. The molecule has 0 radical (unpaired) electrons. The summed E-state index contributed by atoms with van der Waals surface area (Å²) in [5.41, 5.74) is 0. The first kappa shape index (κ1) is 11.8. The molecular weight excluding hydrogens is 200 g/mol. The van der Waals surface area contributed by atoms with Gasteiger partial charge < -0.3 is 10.2 Å². The first-order chi connectivity index (χ1) is 6.31. The van der Waals surface area contributed by atoms with Crippen LogP contribution in [-0.4, -0.2) is 37.0 Å². The highest BCUT2D eigenvalue weighted by atomic mass is 35.5. The summed E-state index contributed by atoms with van der Waals surface area (Å²) in [4.78, 5) is 13.7. The number of hydrogen-bond donors (Lipinski definition) is 1. The number of rotatable bonds is 2. The van der Waals surface area contributed by atoms with Crippen LogP contribution in [0.1, 0.15) is 25.7 Å². The van der Waals surface area contributed by atoms with E-state index in [2.05, 4.69) is 5.32 Å². The van der Waals surface area contributed by atoms with Crippen molar-refractivity contribution in [2.24, 2.45) is 5.92 Å². The van der Waals surface area contributed by atoms with E-state index >= 15 is 0 Å². The Morgan fingerprint density at radius 2 is 1.79 bits per heavy atom. The fourth-order valence-corrected chi connectivity index (χ4v) is 1.98. The van der Waals surface area contributed by atoms with E-state index in [1.165, 1.54) is 0 Å². The van der Waals surface area contributed by atoms with Crippen molar-refractivity contribution < 1.29 is 4.79 Å². The second-order valence-corrected chi connectivity index (χ2v) is 4.16. The van der Waals surface area contributed by atoms with Crippen molar-refractivity contribution >= 4 is 18.3 Å². The smallest absolute Gasteiger partial charge is 0.225 e. The van der Waals surface area contributed by atoms with E-state index in [1.54, 1.807) is 0 Å². The molecule has 1 aliphatic heterocycles. The van der Waals surface area contributed by atoms with Gasteiger partial charge in [-0.15, -0.1) is 12.4 Å². The van der Waals surface area contributed by atoms with E-state index in [0.29, 0.717) is 17.9 Å². The maximum Gasteiger partial charge on any atom is 0.225 e. The number of carbonyl (C=O) groups is 1. The highest BCUT2D eigenvalue weighted by Gasteiger charge is 2.34. The van der Waals surface area contributed by atoms with Gasteiger partial charge in [0, 0.05) is 25.0 Å². The van der Waals surface area contributed by atoms with Crippen molar-refractivity contribution in [1.82, 2.24) is 10.2 Å². The minimum absolute atomic E-state index is 0. The van der Waals surface area contributed by atoms with Gasteiger partial charge in [0.25, 0.3) is 0 Å². The van der Waals surface area contributed by atoms with E-state index in [0.717, 1.165) is 38.8 Å². The lowest BCUT2D eigenvalue weighted by Crippen LogP contribution is -2.44. The molecule has 1 saturated heterocycles. The Morgan fingerprint density at radius 3 is 2.21 bits per heavy atom. The van der Waals surface area contributed by atoms with Gasteiger partial charge in [0.2, 0.25) is 5.91 Å². The molecule has 1 amide bonds. The number of carbonyl (C=O) groups excluding carboxylic acids is 1. The summed E-state index contributed by atoms with van der Waals surface area (Å²) in [5.74, 6) is 0.806. The maximum atomic E-state index is 11.7. The Hall–Kier alpha value is -0.280. The molecule has 0 aromatic rings. The Balaban J connectivity index is 0.000000980. The molecule has 0 aromatic heterocycles. The lowest BCUT2D eigenvalue weighted by molar-refractivity contribution is -0.133. The van der Waals surface area contributed by atoms with E-state index in [4.69, 9.17) is 0 Å². The minimum Gasteiger partial charge on any atom is -0.342 e. The molecule has 0 unspecified atom stereocenters. The highest BCUT2D eigenvalue weighted by Crippen LogP contribution is 2.31. The van der Waals surface area contributed by atoms with Gasteiger partial charge in [-0.3, -0.25) is 4.79 Å². The molecule has 0 aromatic carbocycles. The second kappa shape index (κ2) is 4.99. The molecule has 14 heavy (non-hydrogen) atoms. The van der Waals surface area contributed by atoms with Crippen LogP contribution in [0.4, 0.5) is 0 Å². The molecule has 3 nitrogen and oxygen atoms in total. The molecule has 0 bridgehead atoms. The third-order valence-corrected chi connectivity index (χ3v) is 3.14. The Labute approximate surface area is 91.6 Å². The number of nitrogens with zero attached hydrogens (tertiary/aromatic N) is 1. The molecule has 1 saturated carbocycles. The average molecular weight is 219 g/mol. The molecule has 0 spiro atoms. The van der Waals surface area contributed by atoms with Gasteiger partial charge in [0.05, 0.1) is 0 Å². The number of halogens is 1. The SMILES string of the molecule is CNC1CCN(C(=O)C2CC2)CC1.Cl. The predicted octanol–water partition coefficient (Wildman–Crippen LogP) is 1.03. The fourth-order valence-electron chi connectivity index (χ4n) is 1.98. The molecule has 4 heteroatoms. The van der Waals surface area contributed by atoms with Gasteiger partial charge in [-0.05, 0) is 32.7 Å². The summed E-state index contributed by atoms with van der Waals surface area (Å²) >= 11 is 0. The van der Waals surface area contributed by atoms with Crippen molar-refractivity contribution in [1.29, 1.82) is 0 Å². The number of nitrogens with one attached hydrogen (secondary N) is 1. The molecule has 1 heterocycles. The summed E-state index contributed by atoms with van der Waals surface area (Å²) in [7, 11) is 2.00. The molecular formula is C10H19ClN2O. The number of hydrogen-bond acceptors (Lipinski definition) is 2. The summed E-state index contributed by atoms with van der Waals surface area (Å²) in [5, 5.41) is 3.27. The zero-order valence-corrected chi connectivity index (χ0v) is 9.48. The molecule has 1 aliphatic carbocycles. The number of piperidine rings is 1. The van der Waals surface area contributed by atoms with E-state index in [9.17, 15) is 4.79 Å². The molecule has 1 N–H and O–H groups in total. The predicted molar refractivity (Wildman–Crippen MR) is 58.6 cm³/mol. The van der Waals surface area contributed by atoms with Crippen LogP contribution in [0.15, 0.2) is 0 Å². The fraction of sp³-hybridized carbons (Fsp3) is 0.900. The topological polar surface area (TPSA) is 32.3 Å². The molecule has 2 fully saturated rings. The Bertz CT molecular complexity index is 198. The monoisotopic (exact) mass is 218 g/mol. The minimum atomic E-state index is 0. The van der Waals surface area contributed by atoms with Crippen LogP contribution in [0, 0.1) is 5.92 Å². The Kier molecular flexibility index (Phi) is 4.20. The first-order valence-electron chi connectivity index (χ1n) is 5.27. The lowest BCUT2D eigenvalue weighted by Gasteiger charge is -2.31. The molecule has 0 atom stereocenters. The Morgan fingerprint density at radius 1 is 1.21 bits per heavy atom. The lowest BCUT2D eigenvalue weighted by atomic mass is 10.1. The second-order valence-electron chi connectivity index (χ2n) is 4.16. The van der Waals surface area contributed by atoms with Crippen molar-refractivity contribution in [3.05, 3.63) is 0 Å². The van der Waals surface area contributed by atoms with Crippen molar-refractivity contribution in [3.63, 3.8) is 0 Å². The van der Waals surface area contributed by atoms with Crippen molar-refractivity contribution in [3.8, 4) is 0 Å². The summed E-state index contributed by atoms with van der Waals surface area (Å²) in [6.07, 6.45) is 4.50. The van der Waals surface area contributed by atoms with E-state index in [-0.39, 0.29) is 12.4 Å². The van der Waals surface area contributed by atoms with Gasteiger partial charge in [0.15, 0.2) is 0 Å². The van der Waals surface area contributed by atoms with Crippen LogP contribution >= 0.6 is 12.4 Å². The first-order valence-corrected chi connectivity index (χ1v) is 5.27. The van der Waals surface area contributed by atoms with Gasteiger partial charge >= 0.3 is 0 Å². The van der Waals surface area contributed by atoms with Gasteiger partial charge in [-0.2, -0.15) is 0 Å². The summed E-state index contributed by atoms with van der Waals surface area (Å²) < 4.78 is 0. The third kappa shape index (κ3) is 2.61. The van der Waals surface area contributed by atoms with E-state index < -0.39 is 0 Å². The third-order valence-electron chi connectivity index (χ3n) is 3.14. The van der Waals surface area contributed by atoms with Crippen LogP contribution in [0.2, 0.25) is 0 Å². The summed E-state index contributed by atoms with van der Waals surface area (Å²) in [6, 6.07) is 0.628. The van der Waals surface area contributed by atoms with Gasteiger partial charge in [0.1, 0.15) is 0 Å². The normalized spacial score (nSPS) is 23.1. The molecule has 82 valence electrons. The standard InChI is InChI=1S/C10H18N2O.ClH/c1-11-9-4-6-12(7-5-9)10(13)8-2-3-8;/h8-9,11H,2-7H2,1H3;1H. The van der Waals surface area contributed by atoms with Crippen LogP contribution in [-0.2, 0) is 4.79 Å². The number of likely N-dealkylation sites (tertiary alicyclic amines) is 1. The van der Waals surface area contributed by atoms with Crippen molar-refractivity contribution in [2.75, 3.05) is 20.1 Å². The van der Waals surface area contributed by atoms with Crippen LogP contribution in [0.3, 0.4) is 0 Å². The largest absolute Gasteiger partial charge is 0.342 e. The van der Waals surface area contributed by atoms with Gasteiger partial charge in [-0.1, -0.05) is 0 Å². The van der Waals surface area contributed by atoms with Crippen LogP contribution < -0.4 is 5.32 Å². The highest BCUT2D eigenvalue weighted by molar-refractivity contribution is 5.85. The number of amides is 1. The molecule has 2 rings (SSSR count). The van der Waals surface area contributed by atoms with Crippen LogP contribution in [0.25, 0.3) is 0 Å². The zero-order chi connectivity index (χ0) is 9.26. The van der Waals surface area contributed by atoms with Gasteiger partial charge in [-0.25, -0.2) is 0 Å². The maximum absolute atomic E-state index is 11.7. The zero-order valence-electron chi connectivity index (χ0n) is 8.66. The molecule has 2 aliphatic rings. The van der Waals surface area contributed by atoms with Crippen molar-refractivity contribution in [2.45, 2.75) is 31.7 Å². The van der Waals surface area contributed by atoms with E-state index in [1.807, 2.05) is 11.9 Å². The summed E-state index contributed by atoms with van der Waals surface area (Å²) in [6.45, 7) is 1.92. The van der Waals surface area contributed by atoms with Crippen LogP contribution in [0.5, 0.6) is 0 Å².